The van der Waals surface area contributed by atoms with Crippen LogP contribution in [0, 0.1) is 12.3 Å². The Morgan fingerprint density at radius 1 is 0.792 bits per heavy atom. The highest BCUT2D eigenvalue weighted by Gasteiger charge is 2.14. The molecule has 0 aromatic heterocycles. The van der Waals surface area contributed by atoms with Crippen LogP contribution in [0.3, 0.4) is 0 Å². The number of hydrogen-bond donors (Lipinski definition) is 1. The van der Waals surface area contributed by atoms with E-state index in [1.807, 2.05) is 36.4 Å². The minimum Gasteiger partial charge on any atom is -0.326 e. The van der Waals surface area contributed by atoms with Crippen molar-refractivity contribution >= 4 is 11.5 Å². The third-order valence-corrected chi connectivity index (χ3v) is 4.13. The van der Waals surface area contributed by atoms with Gasteiger partial charge in [0.15, 0.2) is 0 Å². The summed E-state index contributed by atoms with van der Waals surface area (Å²) in [6, 6.07) is 28.8. The zero-order valence-electron chi connectivity index (χ0n) is 13.9. The summed E-state index contributed by atoms with van der Waals surface area (Å²) in [5.41, 5.74) is 4.51. The molecule has 120 valence electrons. The van der Waals surface area contributed by atoms with Gasteiger partial charge in [-0.05, 0) is 31.0 Å². The molecule has 3 rings (SSSR count). The summed E-state index contributed by atoms with van der Waals surface area (Å²) in [4.78, 5) is 2.09. The minimum absolute atomic E-state index is 0.537. The first-order chi connectivity index (χ1) is 11.7. The van der Waals surface area contributed by atoms with Gasteiger partial charge < -0.3 is 4.90 Å². The van der Waals surface area contributed by atoms with Gasteiger partial charge in [0.2, 0.25) is 0 Å². The molecule has 0 aliphatic rings. The first-order valence-corrected chi connectivity index (χ1v) is 8.26. The smallest absolute Gasteiger partial charge is 0.132 e. The fourth-order valence-corrected chi connectivity index (χ4v) is 2.73. The maximum absolute atomic E-state index is 8.67. The van der Waals surface area contributed by atoms with Crippen LogP contribution >= 0.6 is 0 Å². The van der Waals surface area contributed by atoms with Gasteiger partial charge in [-0.3, -0.25) is 5.41 Å². The van der Waals surface area contributed by atoms with Gasteiger partial charge in [-0.2, -0.15) is 0 Å². The van der Waals surface area contributed by atoms with Crippen LogP contribution in [0.1, 0.15) is 16.7 Å². The van der Waals surface area contributed by atoms with E-state index in [1.54, 1.807) is 0 Å². The normalized spacial score (nSPS) is 10.4. The fraction of sp³-hybridized carbons (Fsp3) is 0.136. The summed E-state index contributed by atoms with van der Waals surface area (Å²) in [5.74, 6) is 0.537. The molecule has 0 aliphatic carbocycles. The van der Waals surface area contributed by atoms with E-state index in [-0.39, 0.29) is 0 Å². The van der Waals surface area contributed by atoms with Crippen molar-refractivity contribution < 1.29 is 0 Å². The van der Waals surface area contributed by atoms with E-state index in [4.69, 9.17) is 5.41 Å². The number of rotatable bonds is 5. The average Bonchev–Trinajstić information content (AvgIpc) is 2.65. The van der Waals surface area contributed by atoms with Crippen LogP contribution in [0.25, 0.3) is 0 Å². The number of anilines is 1. The maximum atomic E-state index is 8.67. The van der Waals surface area contributed by atoms with Gasteiger partial charge in [0.25, 0.3) is 0 Å². The summed E-state index contributed by atoms with van der Waals surface area (Å²) < 4.78 is 0. The SMILES string of the molecule is Cc1ccc(N(CCc2ccccc2)C(=N)c2ccccc2)cc1. The lowest BCUT2D eigenvalue weighted by molar-refractivity contribution is 0.928. The van der Waals surface area contributed by atoms with Crippen LogP contribution in [-0.2, 0) is 6.42 Å². The molecule has 0 fully saturated rings. The zero-order valence-corrected chi connectivity index (χ0v) is 13.9. The van der Waals surface area contributed by atoms with E-state index in [9.17, 15) is 0 Å². The molecule has 2 heteroatoms. The van der Waals surface area contributed by atoms with E-state index in [0.29, 0.717) is 5.84 Å². The standard InChI is InChI=1S/C22H22N2/c1-18-12-14-21(15-13-18)24(17-16-19-8-4-2-5-9-19)22(23)20-10-6-3-7-11-20/h2-15,23H,16-17H2,1H3. The Labute approximate surface area is 143 Å². The van der Waals surface area contributed by atoms with Crippen molar-refractivity contribution in [2.24, 2.45) is 0 Å². The molecule has 1 N–H and O–H groups in total. The molecular formula is C22H22N2. The summed E-state index contributed by atoms with van der Waals surface area (Å²) in [6.45, 7) is 2.86. The predicted octanol–water partition coefficient (Wildman–Crippen LogP) is 5.07. The van der Waals surface area contributed by atoms with Gasteiger partial charge in [-0.15, -0.1) is 0 Å². The van der Waals surface area contributed by atoms with Crippen LogP contribution in [0.5, 0.6) is 0 Å². The van der Waals surface area contributed by atoms with Gasteiger partial charge in [0.05, 0.1) is 0 Å². The number of hydrogen-bond acceptors (Lipinski definition) is 1. The van der Waals surface area contributed by atoms with Crippen LogP contribution in [0.4, 0.5) is 5.69 Å². The second-order valence-corrected chi connectivity index (χ2v) is 5.94. The van der Waals surface area contributed by atoms with E-state index in [0.717, 1.165) is 24.2 Å². The lowest BCUT2D eigenvalue weighted by atomic mass is 10.1. The molecule has 0 saturated heterocycles. The number of nitrogens with zero attached hydrogens (tertiary/aromatic N) is 1. The average molecular weight is 314 g/mol. The van der Waals surface area contributed by atoms with Crippen molar-refractivity contribution in [2.75, 3.05) is 11.4 Å². The summed E-state index contributed by atoms with van der Waals surface area (Å²) in [5, 5.41) is 8.67. The second-order valence-electron chi connectivity index (χ2n) is 5.94. The van der Waals surface area contributed by atoms with Crippen LogP contribution in [0.15, 0.2) is 84.9 Å². The van der Waals surface area contributed by atoms with Crippen molar-refractivity contribution in [2.45, 2.75) is 13.3 Å². The first kappa shape index (κ1) is 16.0. The molecular weight excluding hydrogens is 292 g/mol. The Kier molecular flexibility index (Phi) is 5.07. The molecule has 0 radical (unpaired) electrons. The van der Waals surface area contributed by atoms with Gasteiger partial charge >= 0.3 is 0 Å². The molecule has 3 aromatic rings. The van der Waals surface area contributed by atoms with Gasteiger partial charge in [0, 0.05) is 17.8 Å². The topological polar surface area (TPSA) is 27.1 Å². The minimum atomic E-state index is 0.537. The second kappa shape index (κ2) is 7.60. The van der Waals surface area contributed by atoms with Gasteiger partial charge in [-0.25, -0.2) is 0 Å². The molecule has 0 unspecified atom stereocenters. The lowest BCUT2D eigenvalue weighted by Crippen LogP contribution is -2.33. The van der Waals surface area contributed by atoms with Gasteiger partial charge in [0.1, 0.15) is 5.84 Å². The van der Waals surface area contributed by atoms with E-state index in [1.165, 1.54) is 11.1 Å². The molecule has 0 bridgehead atoms. The number of nitrogens with one attached hydrogen (secondary N) is 1. The van der Waals surface area contributed by atoms with Crippen molar-refractivity contribution in [3.05, 3.63) is 102 Å². The monoisotopic (exact) mass is 314 g/mol. The highest BCUT2D eigenvalue weighted by molar-refractivity contribution is 6.07. The Morgan fingerprint density at radius 3 is 2.00 bits per heavy atom. The molecule has 0 atom stereocenters. The number of aryl methyl sites for hydroxylation is 1. The summed E-state index contributed by atoms with van der Waals surface area (Å²) in [7, 11) is 0. The Hall–Kier alpha value is -2.87. The third kappa shape index (κ3) is 3.90. The quantitative estimate of drug-likeness (QED) is 0.516. The van der Waals surface area contributed by atoms with E-state index < -0.39 is 0 Å². The molecule has 0 amide bonds. The summed E-state index contributed by atoms with van der Waals surface area (Å²) in [6.07, 6.45) is 0.907. The third-order valence-electron chi connectivity index (χ3n) is 4.13. The lowest BCUT2D eigenvalue weighted by Gasteiger charge is -2.26. The highest BCUT2D eigenvalue weighted by Crippen LogP contribution is 2.19. The number of amidine groups is 1. The van der Waals surface area contributed by atoms with E-state index >= 15 is 0 Å². The Bertz CT molecular complexity index is 777. The predicted molar refractivity (Wildman–Crippen MR) is 102 cm³/mol. The van der Waals surface area contributed by atoms with E-state index in [2.05, 4.69) is 60.4 Å². The van der Waals surface area contributed by atoms with Crippen LogP contribution in [-0.4, -0.2) is 12.4 Å². The first-order valence-electron chi connectivity index (χ1n) is 8.26. The van der Waals surface area contributed by atoms with Crippen molar-refractivity contribution in [1.29, 1.82) is 5.41 Å². The molecule has 24 heavy (non-hydrogen) atoms. The van der Waals surface area contributed by atoms with Crippen molar-refractivity contribution in [1.82, 2.24) is 0 Å². The molecule has 2 nitrogen and oxygen atoms in total. The van der Waals surface area contributed by atoms with Crippen LogP contribution in [0.2, 0.25) is 0 Å². The molecule has 0 aliphatic heterocycles. The Balaban J connectivity index is 1.85. The van der Waals surface area contributed by atoms with Gasteiger partial charge in [-0.1, -0.05) is 78.4 Å². The van der Waals surface area contributed by atoms with Crippen molar-refractivity contribution in [3.8, 4) is 0 Å². The maximum Gasteiger partial charge on any atom is 0.132 e. The zero-order chi connectivity index (χ0) is 16.8. The molecule has 3 aromatic carbocycles. The highest BCUT2D eigenvalue weighted by atomic mass is 15.2. The molecule has 0 spiro atoms. The van der Waals surface area contributed by atoms with Crippen molar-refractivity contribution in [3.63, 3.8) is 0 Å². The van der Waals surface area contributed by atoms with Crippen LogP contribution < -0.4 is 4.90 Å². The fourth-order valence-electron chi connectivity index (χ4n) is 2.73. The number of benzene rings is 3. The molecule has 0 saturated carbocycles. The molecule has 0 heterocycles. The Morgan fingerprint density at radius 2 is 1.38 bits per heavy atom. The summed E-state index contributed by atoms with van der Waals surface area (Å²) >= 11 is 0. The largest absolute Gasteiger partial charge is 0.326 e.